The fourth-order valence-electron chi connectivity index (χ4n) is 2.55. The molecular weight excluding hydrogens is 358 g/mol. The third kappa shape index (κ3) is 7.78. The van der Waals surface area contributed by atoms with Crippen LogP contribution in [0.5, 0.6) is 0 Å². The van der Waals surface area contributed by atoms with Crippen molar-refractivity contribution >= 4 is 17.7 Å². The predicted molar refractivity (Wildman–Crippen MR) is 108 cm³/mol. The summed E-state index contributed by atoms with van der Waals surface area (Å²) in [4.78, 5) is 39.0. The normalized spacial score (nSPS) is 14.0. The molecule has 0 spiro atoms. The summed E-state index contributed by atoms with van der Waals surface area (Å²) in [6.45, 7) is 4.23. The van der Waals surface area contributed by atoms with E-state index in [2.05, 4.69) is 5.32 Å². The van der Waals surface area contributed by atoms with Gasteiger partial charge in [0, 0.05) is 33.0 Å². The van der Waals surface area contributed by atoms with E-state index >= 15 is 0 Å². The van der Waals surface area contributed by atoms with Crippen molar-refractivity contribution in [3.63, 3.8) is 0 Å². The molecule has 0 aliphatic carbocycles. The van der Waals surface area contributed by atoms with Gasteiger partial charge in [0.15, 0.2) is 0 Å². The molecule has 0 radical (unpaired) electrons. The minimum Gasteiger partial charge on any atom is -0.383 e. The molecule has 156 valence electrons. The van der Waals surface area contributed by atoms with E-state index in [9.17, 15) is 14.4 Å². The smallest absolute Gasteiger partial charge is 0.246 e. The van der Waals surface area contributed by atoms with Crippen LogP contribution in [-0.2, 0) is 25.5 Å². The largest absolute Gasteiger partial charge is 0.383 e. The Hall–Kier alpha value is -2.25. The molecule has 0 aromatic heterocycles. The molecule has 1 aromatic carbocycles. The Morgan fingerprint density at radius 3 is 2.46 bits per heavy atom. The SMILES string of the molecule is CC[C@@](C)(N)C(=O)NC(=O)[C@H](CCc1ccccc1)CC(=O)N(C)CCOC. The van der Waals surface area contributed by atoms with Gasteiger partial charge in [0.25, 0.3) is 0 Å². The molecule has 7 nitrogen and oxygen atoms in total. The highest BCUT2D eigenvalue weighted by molar-refractivity contribution is 6.01. The lowest BCUT2D eigenvalue weighted by Gasteiger charge is -2.24. The molecule has 2 atom stereocenters. The number of aryl methyl sites for hydroxylation is 1. The van der Waals surface area contributed by atoms with Crippen LogP contribution in [0.2, 0.25) is 0 Å². The Morgan fingerprint density at radius 1 is 1.25 bits per heavy atom. The van der Waals surface area contributed by atoms with E-state index in [1.807, 2.05) is 30.3 Å². The molecule has 0 bridgehead atoms. The van der Waals surface area contributed by atoms with Gasteiger partial charge in [-0.15, -0.1) is 0 Å². The lowest BCUT2D eigenvalue weighted by atomic mass is 9.93. The molecule has 0 heterocycles. The maximum atomic E-state index is 12.7. The van der Waals surface area contributed by atoms with Gasteiger partial charge >= 0.3 is 0 Å². The van der Waals surface area contributed by atoms with Crippen molar-refractivity contribution in [3.8, 4) is 0 Å². The van der Waals surface area contributed by atoms with Crippen molar-refractivity contribution in [2.24, 2.45) is 11.7 Å². The van der Waals surface area contributed by atoms with E-state index in [1.165, 1.54) is 4.90 Å². The molecule has 3 amide bonds. The summed E-state index contributed by atoms with van der Waals surface area (Å²) in [6, 6.07) is 9.73. The highest BCUT2D eigenvalue weighted by Crippen LogP contribution is 2.16. The fourth-order valence-corrected chi connectivity index (χ4v) is 2.55. The van der Waals surface area contributed by atoms with Crippen LogP contribution in [0.1, 0.15) is 38.7 Å². The van der Waals surface area contributed by atoms with Gasteiger partial charge in [-0.25, -0.2) is 0 Å². The number of nitrogens with two attached hydrogens (primary N) is 1. The molecule has 0 fully saturated rings. The summed E-state index contributed by atoms with van der Waals surface area (Å²) in [5.74, 6) is -1.76. The van der Waals surface area contributed by atoms with Crippen LogP contribution in [0.15, 0.2) is 30.3 Å². The Labute approximate surface area is 167 Å². The van der Waals surface area contributed by atoms with Gasteiger partial charge in [-0.3, -0.25) is 19.7 Å². The number of imide groups is 1. The highest BCUT2D eigenvalue weighted by atomic mass is 16.5. The molecule has 28 heavy (non-hydrogen) atoms. The third-order valence-electron chi connectivity index (χ3n) is 4.96. The lowest BCUT2D eigenvalue weighted by molar-refractivity contribution is -0.139. The van der Waals surface area contributed by atoms with Crippen molar-refractivity contribution in [2.75, 3.05) is 27.3 Å². The summed E-state index contributed by atoms with van der Waals surface area (Å²) in [5.41, 5.74) is 5.87. The molecule has 3 N–H and O–H groups in total. The number of rotatable bonds is 11. The third-order valence-corrected chi connectivity index (χ3v) is 4.96. The molecule has 1 rings (SSSR count). The molecular formula is C21H33N3O4. The topological polar surface area (TPSA) is 102 Å². The molecule has 0 saturated heterocycles. The maximum absolute atomic E-state index is 12.7. The monoisotopic (exact) mass is 391 g/mol. The van der Waals surface area contributed by atoms with Crippen LogP contribution in [-0.4, -0.2) is 55.5 Å². The summed E-state index contributed by atoms with van der Waals surface area (Å²) < 4.78 is 4.99. The van der Waals surface area contributed by atoms with Crippen LogP contribution in [0, 0.1) is 5.92 Å². The summed E-state index contributed by atoms with van der Waals surface area (Å²) >= 11 is 0. The maximum Gasteiger partial charge on any atom is 0.246 e. The first-order valence-corrected chi connectivity index (χ1v) is 9.62. The summed E-state index contributed by atoms with van der Waals surface area (Å²) in [6.07, 6.45) is 1.52. The molecule has 0 saturated carbocycles. The zero-order valence-corrected chi connectivity index (χ0v) is 17.4. The average Bonchev–Trinajstić information content (AvgIpc) is 2.69. The van der Waals surface area contributed by atoms with Crippen LogP contribution < -0.4 is 11.1 Å². The van der Waals surface area contributed by atoms with E-state index in [4.69, 9.17) is 10.5 Å². The molecule has 1 aromatic rings. The molecule has 0 unspecified atom stereocenters. The minimum atomic E-state index is -1.13. The Bertz CT molecular complexity index is 646. The summed E-state index contributed by atoms with van der Waals surface area (Å²) in [5, 5.41) is 2.40. The molecule has 0 aliphatic heterocycles. The van der Waals surface area contributed by atoms with E-state index in [1.54, 1.807) is 28.0 Å². The first kappa shape index (κ1) is 23.8. The molecule has 7 heteroatoms. The Balaban J connectivity index is 2.82. The van der Waals surface area contributed by atoms with Crippen molar-refractivity contribution < 1.29 is 19.1 Å². The van der Waals surface area contributed by atoms with Crippen LogP contribution in [0.4, 0.5) is 0 Å². The second kappa shape index (κ2) is 11.6. The zero-order valence-electron chi connectivity index (χ0n) is 17.4. The average molecular weight is 392 g/mol. The van der Waals surface area contributed by atoms with Gasteiger partial charge in [0.1, 0.15) is 0 Å². The number of nitrogens with zero attached hydrogens (tertiary/aromatic N) is 1. The molecule has 0 aliphatic rings. The van der Waals surface area contributed by atoms with E-state index in [0.717, 1.165) is 5.56 Å². The van der Waals surface area contributed by atoms with Crippen molar-refractivity contribution in [3.05, 3.63) is 35.9 Å². The van der Waals surface area contributed by atoms with Gasteiger partial charge < -0.3 is 15.4 Å². The van der Waals surface area contributed by atoms with Crippen LogP contribution in [0.3, 0.4) is 0 Å². The van der Waals surface area contributed by atoms with Crippen LogP contribution >= 0.6 is 0 Å². The van der Waals surface area contributed by atoms with E-state index < -0.39 is 23.3 Å². The second-order valence-corrected chi connectivity index (χ2v) is 7.32. The van der Waals surface area contributed by atoms with Gasteiger partial charge in [0.2, 0.25) is 17.7 Å². The van der Waals surface area contributed by atoms with Crippen molar-refractivity contribution in [1.82, 2.24) is 10.2 Å². The van der Waals surface area contributed by atoms with E-state index in [0.29, 0.717) is 32.4 Å². The number of carbonyl (C=O) groups is 3. The standard InChI is InChI=1S/C21H33N3O4/c1-5-21(2,22)20(27)23-19(26)17(12-11-16-9-7-6-8-10-16)15-18(25)24(3)13-14-28-4/h6-10,17H,5,11-15,22H2,1-4H3,(H,23,26,27)/t17-,21-/m1/s1. The zero-order chi connectivity index (χ0) is 21.2. The first-order valence-electron chi connectivity index (χ1n) is 9.62. The number of nitrogens with one attached hydrogen (secondary N) is 1. The number of hydrogen-bond donors (Lipinski definition) is 2. The number of methoxy groups -OCH3 is 1. The minimum absolute atomic E-state index is 0.0274. The van der Waals surface area contributed by atoms with Crippen molar-refractivity contribution in [2.45, 2.75) is 45.1 Å². The van der Waals surface area contributed by atoms with E-state index in [-0.39, 0.29) is 12.3 Å². The quantitative estimate of drug-likeness (QED) is 0.595. The lowest BCUT2D eigenvalue weighted by Crippen LogP contribution is -2.54. The summed E-state index contributed by atoms with van der Waals surface area (Å²) in [7, 11) is 3.24. The number of ether oxygens (including phenoxy) is 1. The number of amides is 3. The number of benzene rings is 1. The number of hydrogen-bond acceptors (Lipinski definition) is 5. The Morgan fingerprint density at radius 2 is 1.89 bits per heavy atom. The van der Waals surface area contributed by atoms with Gasteiger partial charge in [-0.1, -0.05) is 37.3 Å². The number of likely N-dealkylation sites (N-methyl/N-ethyl adjacent to an activating group) is 1. The fraction of sp³-hybridized carbons (Fsp3) is 0.571. The van der Waals surface area contributed by atoms with Gasteiger partial charge in [0.05, 0.1) is 12.1 Å². The number of carbonyl (C=O) groups excluding carboxylic acids is 3. The second-order valence-electron chi connectivity index (χ2n) is 7.32. The van der Waals surface area contributed by atoms with Crippen molar-refractivity contribution in [1.29, 1.82) is 0 Å². The first-order chi connectivity index (χ1) is 13.2. The van der Waals surface area contributed by atoms with Crippen LogP contribution in [0.25, 0.3) is 0 Å². The predicted octanol–water partition coefficient (Wildman–Crippen LogP) is 1.50. The van der Waals surface area contributed by atoms with Gasteiger partial charge in [-0.05, 0) is 31.7 Å². The highest BCUT2D eigenvalue weighted by Gasteiger charge is 2.31. The Kier molecular flexibility index (Phi) is 9.82. The van der Waals surface area contributed by atoms with Gasteiger partial charge in [-0.2, -0.15) is 0 Å².